The Morgan fingerprint density at radius 3 is 2.61 bits per heavy atom. The number of pyridine rings is 1. The molecule has 3 heterocycles. The summed E-state index contributed by atoms with van der Waals surface area (Å²) in [6.07, 6.45) is 7.68. The Balaban J connectivity index is 1.73. The SMILES string of the molecule is COc1ccc(/C=C/c2ccnc3nc(N4CCCC4)[nH]c(=O)c23)c(OC)c1. The predicted molar refractivity (Wildman–Crippen MR) is 110 cm³/mol. The van der Waals surface area contributed by atoms with Crippen molar-refractivity contribution < 1.29 is 9.47 Å². The fraction of sp³-hybridized carbons (Fsp3) is 0.286. The highest BCUT2D eigenvalue weighted by molar-refractivity contribution is 5.88. The Labute approximate surface area is 162 Å². The molecule has 3 aromatic rings. The predicted octanol–water partition coefficient (Wildman–Crippen LogP) is 3.11. The van der Waals surface area contributed by atoms with Crippen LogP contribution in [0.2, 0.25) is 0 Å². The number of H-pyrrole nitrogens is 1. The summed E-state index contributed by atoms with van der Waals surface area (Å²) in [5.74, 6) is 2.01. The average Bonchev–Trinajstić information content (AvgIpc) is 3.26. The van der Waals surface area contributed by atoms with E-state index in [1.165, 1.54) is 0 Å². The smallest absolute Gasteiger partial charge is 0.262 e. The van der Waals surface area contributed by atoms with E-state index in [9.17, 15) is 4.79 Å². The summed E-state index contributed by atoms with van der Waals surface area (Å²) >= 11 is 0. The summed E-state index contributed by atoms with van der Waals surface area (Å²) < 4.78 is 10.7. The second kappa shape index (κ2) is 7.72. The van der Waals surface area contributed by atoms with Crippen molar-refractivity contribution in [1.29, 1.82) is 0 Å². The number of nitrogens with zero attached hydrogens (tertiary/aromatic N) is 3. The lowest BCUT2D eigenvalue weighted by atomic mass is 10.1. The van der Waals surface area contributed by atoms with Crippen molar-refractivity contribution in [3.8, 4) is 11.5 Å². The molecule has 0 spiro atoms. The van der Waals surface area contributed by atoms with Crippen LogP contribution >= 0.6 is 0 Å². The minimum Gasteiger partial charge on any atom is -0.497 e. The van der Waals surface area contributed by atoms with E-state index in [-0.39, 0.29) is 5.56 Å². The molecule has 1 saturated heterocycles. The van der Waals surface area contributed by atoms with Gasteiger partial charge in [0.15, 0.2) is 5.65 Å². The number of ether oxygens (including phenoxy) is 2. The van der Waals surface area contributed by atoms with E-state index in [4.69, 9.17) is 9.47 Å². The second-order valence-electron chi connectivity index (χ2n) is 6.62. The van der Waals surface area contributed by atoms with Crippen LogP contribution in [0.25, 0.3) is 23.2 Å². The number of hydrogen-bond donors (Lipinski definition) is 1. The largest absolute Gasteiger partial charge is 0.497 e. The molecule has 0 radical (unpaired) electrons. The number of nitrogens with one attached hydrogen (secondary N) is 1. The number of benzene rings is 1. The zero-order valence-electron chi connectivity index (χ0n) is 15.9. The van der Waals surface area contributed by atoms with Gasteiger partial charge in [-0.15, -0.1) is 0 Å². The molecule has 1 aliphatic heterocycles. The van der Waals surface area contributed by atoms with E-state index in [1.54, 1.807) is 26.5 Å². The number of fused-ring (bicyclic) bond motifs is 1. The molecule has 0 saturated carbocycles. The van der Waals surface area contributed by atoms with Crippen molar-refractivity contribution in [1.82, 2.24) is 15.0 Å². The molecule has 1 aliphatic rings. The molecule has 0 bridgehead atoms. The minimum absolute atomic E-state index is 0.179. The summed E-state index contributed by atoms with van der Waals surface area (Å²) in [7, 11) is 3.23. The number of aromatic amines is 1. The van der Waals surface area contributed by atoms with Gasteiger partial charge in [0.05, 0.1) is 19.6 Å². The number of rotatable bonds is 5. The summed E-state index contributed by atoms with van der Waals surface area (Å²) in [6, 6.07) is 7.40. The van der Waals surface area contributed by atoms with Gasteiger partial charge in [-0.2, -0.15) is 4.98 Å². The first-order chi connectivity index (χ1) is 13.7. The van der Waals surface area contributed by atoms with Crippen LogP contribution in [0.1, 0.15) is 24.0 Å². The molecule has 7 nitrogen and oxygen atoms in total. The summed E-state index contributed by atoms with van der Waals surface area (Å²) in [5.41, 5.74) is 1.91. The van der Waals surface area contributed by atoms with E-state index in [0.717, 1.165) is 42.8 Å². The standard InChI is InChI=1S/C21H22N4O3/c1-27-16-8-7-14(17(13-16)28-2)5-6-15-9-10-22-19-18(15)20(26)24-21(23-19)25-11-3-4-12-25/h5-10,13H,3-4,11-12H2,1-2H3,(H,22,23,24,26)/b6-5+. The Morgan fingerprint density at radius 2 is 1.86 bits per heavy atom. The normalized spacial score (nSPS) is 14.1. The number of anilines is 1. The Bertz CT molecular complexity index is 1080. The van der Waals surface area contributed by atoms with Crippen LogP contribution in [0, 0.1) is 0 Å². The number of hydrogen-bond acceptors (Lipinski definition) is 6. The maximum Gasteiger partial charge on any atom is 0.262 e. The third-order valence-corrected chi connectivity index (χ3v) is 4.92. The summed E-state index contributed by atoms with van der Waals surface area (Å²) in [6.45, 7) is 1.82. The maximum absolute atomic E-state index is 12.8. The van der Waals surface area contributed by atoms with Crippen LogP contribution in [-0.4, -0.2) is 42.3 Å². The first-order valence-corrected chi connectivity index (χ1v) is 9.23. The van der Waals surface area contributed by atoms with Crippen LogP contribution in [0.5, 0.6) is 11.5 Å². The molecule has 0 aliphatic carbocycles. The molecule has 1 fully saturated rings. The van der Waals surface area contributed by atoms with Gasteiger partial charge in [-0.1, -0.05) is 12.2 Å². The topological polar surface area (TPSA) is 80.3 Å². The fourth-order valence-electron chi connectivity index (χ4n) is 3.43. The highest BCUT2D eigenvalue weighted by Crippen LogP contribution is 2.27. The van der Waals surface area contributed by atoms with Gasteiger partial charge in [-0.25, -0.2) is 4.98 Å². The molecule has 144 valence electrons. The van der Waals surface area contributed by atoms with Gasteiger partial charge in [0.1, 0.15) is 11.5 Å². The van der Waals surface area contributed by atoms with Gasteiger partial charge < -0.3 is 14.4 Å². The Hall–Kier alpha value is -3.35. The van der Waals surface area contributed by atoms with E-state index >= 15 is 0 Å². The minimum atomic E-state index is -0.179. The lowest BCUT2D eigenvalue weighted by Crippen LogP contribution is -2.24. The van der Waals surface area contributed by atoms with Crippen LogP contribution < -0.4 is 19.9 Å². The van der Waals surface area contributed by atoms with Crippen molar-refractivity contribution in [2.75, 3.05) is 32.2 Å². The molecule has 28 heavy (non-hydrogen) atoms. The molecule has 0 atom stereocenters. The Morgan fingerprint density at radius 1 is 1.07 bits per heavy atom. The van der Waals surface area contributed by atoms with Crippen molar-refractivity contribution in [3.63, 3.8) is 0 Å². The molecule has 1 N–H and O–H groups in total. The van der Waals surface area contributed by atoms with Gasteiger partial charge in [0.25, 0.3) is 5.56 Å². The first-order valence-electron chi connectivity index (χ1n) is 9.23. The molecule has 0 amide bonds. The van der Waals surface area contributed by atoms with Crippen LogP contribution in [0.4, 0.5) is 5.95 Å². The number of methoxy groups -OCH3 is 2. The van der Waals surface area contributed by atoms with Crippen LogP contribution in [0.3, 0.4) is 0 Å². The molecule has 1 aromatic carbocycles. The van der Waals surface area contributed by atoms with Crippen LogP contribution in [0.15, 0.2) is 35.3 Å². The fourth-order valence-corrected chi connectivity index (χ4v) is 3.43. The van der Waals surface area contributed by atoms with Crippen LogP contribution in [-0.2, 0) is 0 Å². The highest BCUT2D eigenvalue weighted by Gasteiger charge is 2.17. The molecule has 7 heteroatoms. The summed E-state index contributed by atoms with van der Waals surface area (Å²) in [4.78, 5) is 26.6. The maximum atomic E-state index is 12.8. The molecular formula is C21H22N4O3. The molecule has 2 aromatic heterocycles. The second-order valence-corrected chi connectivity index (χ2v) is 6.62. The highest BCUT2D eigenvalue weighted by atomic mass is 16.5. The van der Waals surface area contributed by atoms with Crippen molar-refractivity contribution in [2.24, 2.45) is 0 Å². The van der Waals surface area contributed by atoms with Gasteiger partial charge in [-0.3, -0.25) is 9.78 Å². The lowest BCUT2D eigenvalue weighted by molar-refractivity contribution is 0.394. The number of aromatic nitrogens is 3. The quantitative estimate of drug-likeness (QED) is 0.735. The van der Waals surface area contributed by atoms with E-state index < -0.39 is 0 Å². The van der Waals surface area contributed by atoms with Gasteiger partial charge >= 0.3 is 0 Å². The Kier molecular flexibility index (Phi) is 4.97. The van der Waals surface area contributed by atoms with E-state index in [2.05, 4.69) is 19.9 Å². The monoisotopic (exact) mass is 378 g/mol. The summed E-state index contributed by atoms with van der Waals surface area (Å²) in [5, 5.41) is 0.481. The van der Waals surface area contributed by atoms with Crippen molar-refractivity contribution in [3.05, 3.63) is 51.9 Å². The first kappa shape index (κ1) is 18.0. The van der Waals surface area contributed by atoms with Gasteiger partial charge in [-0.05, 0) is 36.6 Å². The molecular weight excluding hydrogens is 356 g/mol. The van der Waals surface area contributed by atoms with E-state index in [0.29, 0.717) is 22.7 Å². The molecule has 0 unspecified atom stereocenters. The van der Waals surface area contributed by atoms with Gasteiger partial charge in [0, 0.05) is 30.9 Å². The average molecular weight is 378 g/mol. The third kappa shape index (κ3) is 3.43. The molecule has 4 rings (SSSR count). The van der Waals surface area contributed by atoms with Crippen molar-refractivity contribution in [2.45, 2.75) is 12.8 Å². The third-order valence-electron chi connectivity index (χ3n) is 4.92. The zero-order chi connectivity index (χ0) is 19.5. The van der Waals surface area contributed by atoms with Gasteiger partial charge in [0.2, 0.25) is 5.95 Å². The van der Waals surface area contributed by atoms with Crippen molar-refractivity contribution >= 4 is 29.1 Å². The zero-order valence-corrected chi connectivity index (χ0v) is 15.9. The van der Waals surface area contributed by atoms with E-state index in [1.807, 2.05) is 30.4 Å². The lowest BCUT2D eigenvalue weighted by Gasteiger charge is -2.15.